The van der Waals surface area contributed by atoms with E-state index in [0.29, 0.717) is 6.61 Å². The van der Waals surface area contributed by atoms with E-state index >= 15 is 0 Å². The zero-order valence-electron chi connectivity index (χ0n) is 8.42. The quantitative estimate of drug-likeness (QED) is 0.700. The van der Waals surface area contributed by atoms with Crippen LogP contribution in [0.4, 0.5) is 5.69 Å². The average Bonchev–Trinajstić information content (AvgIpc) is 2.54. The van der Waals surface area contributed by atoms with Crippen LogP contribution in [-0.2, 0) is 6.42 Å². The molecule has 1 aliphatic rings. The molecule has 0 aliphatic heterocycles. The molecular weight excluding hydrogens is 176 g/mol. The zero-order valence-corrected chi connectivity index (χ0v) is 8.42. The Morgan fingerprint density at radius 1 is 1.50 bits per heavy atom. The summed E-state index contributed by atoms with van der Waals surface area (Å²) in [5.74, 6) is 0.949. The van der Waals surface area contributed by atoms with Crippen LogP contribution in [0.3, 0.4) is 0 Å². The van der Waals surface area contributed by atoms with E-state index in [1.54, 1.807) is 0 Å². The first-order chi connectivity index (χ1) is 6.74. The molecule has 14 heavy (non-hydrogen) atoms. The van der Waals surface area contributed by atoms with E-state index in [0.717, 1.165) is 29.8 Å². The molecular formula is C11H16N2O. The lowest BCUT2D eigenvalue weighted by Crippen LogP contribution is -2.08. The summed E-state index contributed by atoms with van der Waals surface area (Å²) in [6, 6.07) is 3.91. The molecule has 0 unspecified atom stereocenters. The van der Waals surface area contributed by atoms with Gasteiger partial charge in [-0.2, -0.15) is 0 Å². The predicted octanol–water partition coefficient (Wildman–Crippen LogP) is 1.61. The van der Waals surface area contributed by atoms with Crippen LogP contribution in [-0.4, -0.2) is 6.61 Å². The van der Waals surface area contributed by atoms with Crippen LogP contribution < -0.4 is 16.2 Å². The van der Waals surface area contributed by atoms with Crippen molar-refractivity contribution in [2.75, 3.05) is 12.3 Å². The molecule has 0 saturated carbocycles. The molecule has 0 fully saturated rings. The molecule has 76 valence electrons. The van der Waals surface area contributed by atoms with Gasteiger partial charge in [-0.15, -0.1) is 0 Å². The van der Waals surface area contributed by atoms with Crippen LogP contribution in [0, 0.1) is 0 Å². The first kappa shape index (κ1) is 9.34. The van der Waals surface area contributed by atoms with Gasteiger partial charge in [-0.05, 0) is 37.5 Å². The molecule has 0 spiro atoms. The van der Waals surface area contributed by atoms with Gasteiger partial charge in [0.25, 0.3) is 0 Å². The molecule has 3 heteroatoms. The summed E-state index contributed by atoms with van der Waals surface area (Å²) >= 11 is 0. The summed E-state index contributed by atoms with van der Waals surface area (Å²) in [4.78, 5) is 0. The van der Waals surface area contributed by atoms with Gasteiger partial charge in [0.15, 0.2) is 0 Å². The van der Waals surface area contributed by atoms with E-state index in [1.165, 1.54) is 5.56 Å². The monoisotopic (exact) mass is 192 g/mol. The van der Waals surface area contributed by atoms with Gasteiger partial charge in [-0.25, -0.2) is 0 Å². The number of ether oxygens (including phenoxy) is 1. The van der Waals surface area contributed by atoms with E-state index in [9.17, 15) is 0 Å². The predicted molar refractivity (Wildman–Crippen MR) is 57.3 cm³/mol. The van der Waals surface area contributed by atoms with Crippen LogP contribution in [0.1, 0.15) is 30.5 Å². The second kappa shape index (κ2) is 3.50. The maximum atomic E-state index is 5.98. The lowest BCUT2D eigenvalue weighted by Gasteiger charge is -2.12. The summed E-state index contributed by atoms with van der Waals surface area (Å²) in [6.07, 6.45) is 1.96. The third kappa shape index (κ3) is 1.34. The summed E-state index contributed by atoms with van der Waals surface area (Å²) in [6.45, 7) is 2.67. The van der Waals surface area contributed by atoms with Crippen molar-refractivity contribution in [3.05, 3.63) is 23.3 Å². The molecule has 1 atom stereocenters. The molecule has 1 aliphatic carbocycles. The van der Waals surface area contributed by atoms with Gasteiger partial charge < -0.3 is 16.2 Å². The first-order valence-electron chi connectivity index (χ1n) is 5.03. The van der Waals surface area contributed by atoms with Crippen molar-refractivity contribution in [2.45, 2.75) is 25.8 Å². The molecule has 4 N–H and O–H groups in total. The highest BCUT2D eigenvalue weighted by molar-refractivity contribution is 5.59. The highest BCUT2D eigenvalue weighted by atomic mass is 16.5. The number of hydrogen-bond acceptors (Lipinski definition) is 3. The van der Waals surface area contributed by atoms with E-state index in [4.69, 9.17) is 16.2 Å². The Kier molecular flexibility index (Phi) is 2.33. The number of benzene rings is 1. The van der Waals surface area contributed by atoms with Crippen molar-refractivity contribution in [1.82, 2.24) is 0 Å². The van der Waals surface area contributed by atoms with Crippen molar-refractivity contribution < 1.29 is 4.74 Å². The number of nitrogens with two attached hydrogens (primary N) is 2. The van der Waals surface area contributed by atoms with Crippen LogP contribution in [0.2, 0.25) is 0 Å². The number of hydrogen-bond donors (Lipinski definition) is 2. The Morgan fingerprint density at radius 3 is 3.00 bits per heavy atom. The summed E-state index contributed by atoms with van der Waals surface area (Å²) in [7, 11) is 0. The second-order valence-electron chi connectivity index (χ2n) is 3.62. The van der Waals surface area contributed by atoms with Crippen molar-refractivity contribution >= 4 is 5.69 Å². The molecule has 1 aromatic carbocycles. The van der Waals surface area contributed by atoms with E-state index in [-0.39, 0.29) is 6.04 Å². The zero-order chi connectivity index (χ0) is 10.1. The van der Waals surface area contributed by atoms with Crippen molar-refractivity contribution in [1.29, 1.82) is 0 Å². The molecule has 0 bridgehead atoms. The molecule has 1 aromatic rings. The van der Waals surface area contributed by atoms with Gasteiger partial charge in [0, 0.05) is 17.3 Å². The molecule has 3 nitrogen and oxygen atoms in total. The Labute approximate surface area is 84.0 Å². The third-order valence-electron chi connectivity index (χ3n) is 2.72. The van der Waals surface area contributed by atoms with Gasteiger partial charge in [0.2, 0.25) is 0 Å². The summed E-state index contributed by atoms with van der Waals surface area (Å²) in [5, 5.41) is 0. The minimum atomic E-state index is 0.0883. The van der Waals surface area contributed by atoms with Crippen LogP contribution >= 0.6 is 0 Å². The normalized spacial score (nSPS) is 19.4. The number of nitrogen functional groups attached to an aromatic ring is 1. The maximum absolute atomic E-state index is 5.98. The Balaban J connectivity index is 2.47. The highest BCUT2D eigenvalue weighted by Crippen LogP contribution is 2.39. The molecule has 2 rings (SSSR count). The standard InChI is InChI=1S/C11H16N2O/c1-2-14-10-6-5-9(13)11-7(10)3-4-8(11)12/h5-6,8H,2-4,12-13H2,1H3/t8-/m1/s1. The van der Waals surface area contributed by atoms with Gasteiger partial charge >= 0.3 is 0 Å². The summed E-state index contributed by atoms with van der Waals surface area (Å²) < 4.78 is 5.54. The van der Waals surface area contributed by atoms with Gasteiger partial charge in [-0.1, -0.05) is 0 Å². The fourth-order valence-corrected chi connectivity index (χ4v) is 2.09. The largest absolute Gasteiger partial charge is 0.494 e. The molecule has 0 radical (unpaired) electrons. The van der Waals surface area contributed by atoms with Crippen LogP contribution in [0.25, 0.3) is 0 Å². The minimum Gasteiger partial charge on any atom is -0.494 e. The highest BCUT2D eigenvalue weighted by Gasteiger charge is 2.24. The van der Waals surface area contributed by atoms with Crippen molar-refractivity contribution in [2.24, 2.45) is 5.73 Å². The third-order valence-corrected chi connectivity index (χ3v) is 2.72. The smallest absolute Gasteiger partial charge is 0.122 e. The molecule has 0 saturated heterocycles. The van der Waals surface area contributed by atoms with Crippen molar-refractivity contribution in [3.8, 4) is 5.75 Å². The second-order valence-corrected chi connectivity index (χ2v) is 3.62. The van der Waals surface area contributed by atoms with E-state index in [2.05, 4.69) is 0 Å². The van der Waals surface area contributed by atoms with Gasteiger partial charge in [-0.3, -0.25) is 0 Å². The number of anilines is 1. The average molecular weight is 192 g/mol. The Morgan fingerprint density at radius 2 is 2.29 bits per heavy atom. The molecule has 0 aromatic heterocycles. The van der Waals surface area contributed by atoms with Crippen molar-refractivity contribution in [3.63, 3.8) is 0 Å². The SMILES string of the molecule is CCOc1ccc(N)c2c1CC[C@H]2N. The fourth-order valence-electron chi connectivity index (χ4n) is 2.09. The van der Waals surface area contributed by atoms with Crippen LogP contribution in [0.15, 0.2) is 12.1 Å². The van der Waals surface area contributed by atoms with Gasteiger partial charge in [0.05, 0.1) is 6.61 Å². The van der Waals surface area contributed by atoms with Gasteiger partial charge in [0.1, 0.15) is 5.75 Å². The van der Waals surface area contributed by atoms with Crippen LogP contribution in [0.5, 0.6) is 5.75 Å². The fraction of sp³-hybridized carbons (Fsp3) is 0.455. The lowest BCUT2D eigenvalue weighted by atomic mass is 10.1. The maximum Gasteiger partial charge on any atom is 0.122 e. The first-order valence-corrected chi connectivity index (χ1v) is 5.03. The molecule has 0 amide bonds. The Bertz CT molecular complexity index is 349. The lowest BCUT2D eigenvalue weighted by molar-refractivity contribution is 0.337. The summed E-state index contributed by atoms with van der Waals surface area (Å²) in [5.41, 5.74) is 15.0. The van der Waals surface area contributed by atoms with E-state index in [1.807, 2.05) is 19.1 Å². The number of fused-ring (bicyclic) bond motifs is 1. The van der Waals surface area contributed by atoms with E-state index < -0.39 is 0 Å². The Hall–Kier alpha value is -1.22. The minimum absolute atomic E-state index is 0.0883. The number of rotatable bonds is 2. The molecule has 0 heterocycles. The topological polar surface area (TPSA) is 61.3 Å².